The highest BCUT2D eigenvalue weighted by Gasteiger charge is 2.19. The Morgan fingerprint density at radius 3 is 2.75 bits per heavy atom. The maximum atomic E-state index is 12.3. The fourth-order valence-electron chi connectivity index (χ4n) is 1.23. The first kappa shape index (κ1) is 7.80. The summed E-state index contributed by atoms with van der Waals surface area (Å²) in [6, 6.07) is 7.26. The zero-order valence-corrected chi connectivity index (χ0v) is 7.00. The lowest BCUT2D eigenvalue weighted by atomic mass is 10.1. The lowest BCUT2D eigenvalue weighted by Crippen LogP contribution is -1.81. The van der Waals surface area contributed by atoms with Crippen molar-refractivity contribution in [1.29, 1.82) is 0 Å². The van der Waals surface area contributed by atoms with Crippen LogP contribution in [-0.4, -0.2) is 5.75 Å². The van der Waals surface area contributed by atoms with Gasteiger partial charge in [0, 0.05) is 16.2 Å². The average Bonchev–Trinajstić information content (AvgIpc) is 2.47. The van der Waals surface area contributed by atoms with Crippen LogP contribution in [0.3, 0.4) is 0 Å². The molecule has 0 unspecified atom stereocenters. The first-order valence-corrected chi connectivity index (χ1v) is 4.54. The molecule has 0 fully saturated rings. The summed E-state index contributed by atoms with van der Waals surface area (Å²) in [5.74, 6) is 0.404. The Kier molecular flexibility index (Phi) is 1.89. The van der Waals surface area contributed by atoms with Crippen LogP contribution in [0.4, 0.5) is 8.78 Å². The molecule has 0 aromatic heterocycles. The number of rotatable bonds is 0. The maximum Gasteiger partial charge on any atom is 0.274 e. The average molecular weight is 184 g/mol. The first-order valence-electron chi connectivity index (χ1n) is 3.55. The third-order valence-corrected chi connectivity index (χ3v) is 2.91. The molecule has 0 saturated heterocycles. The molecule has 12 heavy (non-hydrogen) atoms. The van der Waals surface area contributed by atoms with Gasteiger partial charge in [-0.2, -0.15) is 8.78 Å². The van der Waals surface area contributed by atoms with E-state index >= 15 is 0 Å². The molecule has 0 spiro atoms. The van der Waals surface area contributed by atoms with Crippen LogP contribution in [0.5, 0.6) is 0 Å². The van der Waals surface area contributed by atoms with Crippen molar-refractivity contribution in [2.45, 2.75) is 4.90 Å². The first-order chi connectivity index (χ1) is 5.79. The Hall–Kier alpha value is -0.830. The summed E-state index contributed by atoms with van der Waals surface area (Å²) in [4.78, 5) is 0.959. The maximum absolute atomic E-state index is 12.3. The number of fused-ring (bicyclic) bond motifs is 1. The van der Waals surface area contributed by atoms with Crippen molar-refractivity contribution in [3.63, 3.8) is 0 Å². The highest BCUT2D eigenvalue weighted by molar-refractivity contribution is 8.00. The van der Waals surface area contributed by atoms with Gasteiger partial charge in [0.2, 0.25) is 0 Å². The van der Waals surface area contributed by atoms with Crippen molar-refractivity contribution in [1.82, 2.24) is 0 Å². The number of hydrogen-bond acceptors (Lipinski definition) is 1. The van der Waals surface area contributed by atoms with Crippen LogP contribution in [-0.2, 0) is 0 Å². The normalized spacial score (nSPS) is 14.7. The molecule has 0 N–H and O–H groups in total. The monoisotopic (exact) mass is 184 g/mol. The minimum atomic E-state index is -1.55. The van der Waals surface area contributed by atoms with Gasteiger partial charge in [0.15, 0.2) is 0 Å². The Morgan fingerprint density at radius 2 is 2.00 bits per heavy atom. The van der Waals surface area contributed by atoms with Crippen LogP contribution >= 0.6 is 11.8 Å². The molecular formula is C9H6F2S. The van der Waals surface area contributed by atoms with E-state index in [0.29, 0.717) is 11.3 Å². The summed E-state index contributed by atoms with van der Waals surface area (Å²) in [6.45, 7) is 0. The van der Waals surface area contributed by atoms with Crippen LogP contribution in [0.1, 0.15) is 5.56 Å². The molecule has 1 aromatic rings. The second kappa shape index (κ2) is 2.90. The van der Waals surface area contributed by atoms with Crippen LogP contribution in [0, 0.1) is 0 Å². The molecular weight excluding hydrogens is 178 g/mol. The molecule has 62 valence electrons. The van der Waals surface area contributed by atoms with Gasteiger partial charge in [-0.1, -0.05) is 18.2 Å². The molecule has 0 nitrogen and oxygen atoms in total. The van der Waals surface area contributed by atoms with Crippen molar-refractivity contribution in [3.8, 4) is 0 Å². The minimum Gasteiger partial charge on any atom is -0.173 e. The van der Waals surface area contributed by atoms with Crippen molar-refractivity contribution >= 4 is 17.3 Å². The second-order valence-corrected chi connectivity index (χ2v) is 3.54. The van der Waals surface area contributed by atoms with Gasteiger partial charge in [-0.25, -0.2) is 0 Å². The van der Waals surface area contributed by atoms with Crippen molar-refractivity contribution < 1.29 is 8.78 Å². The van der Waals surface area contributed by atoms with Crippen LogP contribution in [0.15, 0.2) is 35.2 Å². The SMILES string of the molecule is FC(F)=C1CSc2ccccc21. The Morgan fingerprint density at radius 1 is 1.25 bits per heavy atom. The molecule has 0 saturated carbocycles. The summed E-state index contributed by atoms with van der Waals surface area (Å²) >= 11 is 1.47. The van der Waals surface area contributed by atoms with Gasteiger partial charge in [0.25, 0.3) is 6.08 Å². The molecule has 0 bridgehead atoms. The molecule has 2 rings (SSSR count). The summed E-state index contributed by atoms with van der Waals surface area (Å²) in [5, 5.41) is 0. The Labute approximate surface area is 73.3 Å². The van der Waals surface area contributed by atoms with Crippen LogP contribution in [0.2, 0.25) is 0 Å². The van der Waals surface area contributed by atoms with E-state index in [0.717, 1.165) is 4.90 Å². The third-order valence-electron chi connectivity index (χ3n) is 1.81. The van der Waals surface area contributed by atoms with Gasteiger partial charge < -0.3 is 0 Å². The highest BCUT2D eigenvalue weighted by Crippen LogP contribution is 2.40. The summed E-state index contributed by atoms with van der Waals surface area (Å²) in [6.07, 6.45) is -1.55. The van der Waals surface area contributed by atoms with Crippen molar-refractivity contribution in [3.05, 3.63) is 35.9 Å². The van der Waals surface area contributed by atoms with Gasteiger partial charge in [0.05, 0.1) is 0 Å². The molecule has 0 radical (unpaired) electrons. The van der Waals surface area contributed by atoms with E-state index < -0.39 is 6.08 Å². The fourth-order valence-corrected chi connectivity index (χ4v) is 2.31. The lowest BCUT2D eigenvalue weighted by molar-refractivity contribution is 0.425. The molecule has 0 aliphatic carbocycles. The third kappa shape index (κ3) is 1.14. The van der Waals surface area contributed by atoms with E-state index in [1.54, 1.807) is 12.1 Å². The standard InChI is InChI=1S/C9H6F2S/c10-9(11)7-5-12-8-4-2-1-3-6(7)8/h1-4H,5H2. The highest BCUT2D eigenvalue weighted by atomic mass is 32.2. The zero-order valence-electron chi connectivity index (χ0n) is 6.18. The second-order valence-electron chi connectivity index (χ2n) is 2.52. The van der Waals surface area contributed by atoms with Gasteiger partial charge in [-0.3, -0.25) is 0 Å². The molecule has 3 heteroatoms. The summed E-state index contributed by atoms with van der Waals surface area (Å²) in [7, 11) is 0. The van der Waals surface area contributed by atoms with Crippen LogP contribution in [0.25, 0.3) is 5.57 Å². The predicted octanol–water partition coefficient (Wildman–Crippen LogP) is 3.40. The molecule has 0 atom stereocenters. The van der Waals surface area contributed by atoms with Gasteiger partial charge >= 0.3 is 0 Å². The van der Waals surface area contributed by atoms with E-state index in [-0.39, 0.29) is 5.57 Å². The Bertz CT molecular complexity index is 340. The van der Waals surface area contributed by atoms with E-state index in [1.165, 1.54) is 11.8 Å². The minimum absolute atomic E-state index is 0.190. The molecule has 1 aliphatic rings. The fraction of sp³-hybridized carbons (Fsp3) is 0.111. The van der Waals surface area contributed by atoms with Gasteiger partial charge in [-0.15, -0.1) is 11.8 Å². The van der Waals surface area contributed by atoms with Crippen LogP contribution < -0.4 is 0 Å². The molecule has 0 amide bonds. The largest absolute Gasteiger partial charge is 0.274 e. The van der Waals surface area contributed by atoms with E-state index in [1.807, 2.05) is 12.1 Å². The van der Waals surface area contributed by atoms with E-state index in [9.17, 15) is 8.78 Å². The lowest BCUT2D eigenvalue weighted by Gasteiger charge is -1.95. The van der Waals surface area contributed by atoms with E-state index in [2.05, 4.69) is 0 Å². The predicted molar refractivity (Wildman–Crippen MR) is 46.3 cm³/mol. The topological polar surface area (TPSA) is 0 Å². The molecule has 1 heterocycles. The van der Waals surface area contributed by atoms with Crippen molar-refractivity contribution in [2.24, 2.45) is 0 Å². The van der Waals surface area contributed by atoms with E-state index in [4.69, 9.17) is 0 Å². The number of benzene rings is 1. The number of hydrogen-bond donors (Lipinski definition) is 0. The zero-order chi connectivity index (χ0) is 8.55. The summed E-state index contributed by atoms with van der Waals surface area (Å²) in [5.41, 5.74) is 0.887. The summed E-state index contributed by atoms with van der Waals surface area (Å²) < 4.78 is 24.6. The number of halogens is 2. The van der Waals surface area contributed by atoms with Crippen molar-refractivity contribution in [2.75, 3.05) is 5.75 Å². The smallest absolute Gasteiger partial charge is 0.173 e. The van der Waals surface area contributed by atoms with Gasteiger partial charge in [0.1, 0.15) is 0 Å². The molecule has 1 aromatic carbocycles. The number of thioether (sulfide) groups is 1. The molecule has 1 aliphatic heterocycles. The Balaban J connectivity index is 2.57. The van der Waals surface area contributed by atoms with Gasteiger partial charge in [-0.05, 0) is 11.6 Å². The quantitative estimate of drug-likeness (QED) is 0.595.